The molecule has 0 radical (unpaired) electrons. The number of nitrogens with one attached hydrogen (secondary N) is 1. The summed E-state index contributed by atoms with van der Waals surface area (Å²) in [6.45, 7) is 5.46. The summed E-state index contributed by atoms with van der Waals surface area (Å²) in [5.74, 6) is 0. The molecule has 2 aromatic rings. The monoisotopic (exact) mass is 345 g/mol. The van der Waals surface area contributed by atoms with E-state index in [2.05, 4.69) is 83.6 Å². The molecule has 0 spiro atoms. The first-order chi connectivity index (χ1) is 10.2. The quantitative estimate of drug-likeness (QED) is 0.718. The Morgan fingerprint density at radius 1 is 0.905 bits per heavy atom. The molecule has 0 aliphatic carbocycles. The fourth-order valence-corrected chi connectivity index (χ4v) is 2.73. The van der Waals surface area contributed by atoms with Gasteiger partial charge in [-0.1, -0.05) is 66.2 Å². The number of aryl methyl sites for hydroxylation is 1. The number of rotatable bonds is 7. The molecular formula is C19H24BrN. The summed E-state index contributed by atoms with van der Waals surface area (Å²) in [4.78, 5) is 0. The molecule has 0 fully saturated rings. The molecule has 0 saturated carbocycles. The third kappa shape index (κ3) is 4.98. The van der Waals surface area contributed by atoms with Crippen LogP contribution in [-0.2, 0) is 12.8 Å². The maximum absolute atomic E-state index is 3.67. The highest BCUT2D eigenvalue weighted by molar-refractivity contribution is 9.10. The molecule has 0 aliphatic heterocycles. The second-order valence-electron chi connectivity index (χ2n) is 5.43. The summed E-state index contributed by atoms with van der Waals surface area (Å²) in [5.41, 5.74) is 4.15. The lowest BCUT2D eigenvalue weighted by Gasteiger charge is -2.19. The molecule has 0 aliphatic rings. The molecule has 0 aromatic heterocycles. The Bertz CT molecular complexity index is 530. The molecule has 112 valence electrons. The van der Waals surface area contributed by atoms with Gasteiger partial charge < -0.3 is 5.32 Å². The van der Waals surface area contributed by atoms with Crippen LogP contribution in [0.1, 0.15) is 43.0 Å². The Hall–Kier alpha value is -1.12. The largest absolute Gasteiger partial charge is 0.310 e. The third-order valence-electron chi connectivity index (χ3n) is 3.78. The van der Waals surface area contributed by atoms with E-state index in [1.807, 2.05) is 0 Å². The SMILES string of the molecule is CCCNC(Cc1ccc(CC)cc1)c1ccc(Br)cc1. The van der Waals surface area contributed by atoms with Crippen molar-refractivity contribution in [2.24, 2.45) is 0 Å². The second kappa shape index (κ2) is 8.35. The Kier molecular flexibility index (Phi) is 6.47. The first-order valence-corrected chi connectivity index (χ1v) is 8.59. The first kappa shape index (κ1) is 16.3. The lowest BCUT2D eigenvalue weighted by Crippen LogP contribution is -2.24. The van der Waals surface area contributed by atoms with Gasteiger partial charge >= 0.3 is 0 Å². The average molecular weight is 346 g/mol. The first-order valence-electron chi connectivity index (χ1n) is 7.79. The summed E-state index contributed by atoms with van der Waals surface area (Å²) >= 11 is 3.51. The van der Waals surface area contributed by atoms with Crippen LogP contribution < -0.4 is 5.32 Å². The Morgan fingerprint density at radius 2 is 1.52 bits per heavy atom. The molecule has 2 rings (SSSR count). The summed E-state index contributed by atoms with van der Waals surface area (Å²) < 4.78 is 1.13. The van der Waals surface area contributed by atoms with Crippen LogP contribution in [0.3, 0.4) is 0 Å². The molecule has 0 heterocycles. The highest BCUT2D eigenvalue weighted by Gasteiger charge is 2.11. The van der Waals surface area contributed by atoms with Crippen LogP contribution in [0.15, 0.2) is 53.0 Å². The normalized spacial score (nSPS) is 12.3. The van der Waals surface area contributed by atoms with Crippen LogP contribution in [0.2, 0.25) is 0 Å². The zero-order valence-corrected chi connectivity index (χ0v) is 14.5. The van der Waals surface area contributed by atoms with E-state index in [4.69, 9.17) is 0 Å². The van der Waals surface area contributed by atoms with Crippen molar-refractivity contribution in [3.8, 4) is 0 Å². The van der Waals surface area contributed by atoms with Gasteiger partial charge in [0, 0.05) is 10.5 Å². The van der Waals surface area contributed by atoms with E-state index in [-0.39, 0.29) is 0 Å². The van der Waals surface area contributed by atoms with E-state index < -0.39 is 0 Å². The minimum absolute atomic E-state index is 0.380. The lowest BCUT2D eigenvalue weighted by atomic mass is 9.97. The van der Waals surface area contributed by atoms with Gasteiger partial charge in [-0.2, -0.15) is 0 Å². The van der Waals surface area contributed by atoms with Gasteiger partial charge in [0.1, 0.15) is 0 Å². The van der Waals surface area contributed by atoms with Gasteiger partial charge in [-0.05, 0) is 54.6 Å². The Labute approximate surface area is 136 Å². The number of hydrogen-bond donors (Lipinski definition) is 1. The molecule has 0 amide bonds. The molecule has 1 atom stereocenters. The maximum Gasteiger partial charge on any atom is 0.0360 e. The van der Waals surface area contributed by atoms with Crippen LogP contribution in [0.5, 0.6) is 0 Å². The van der Waals surface area contributed by atoms with Gasteiger partial charge in [0.05, 0.1) is 0 Å². The highest BCUT2D eigenvalue weighted by Crippen LogP contribution is 2.21. The summed E-state index contributed by atoms with van der Waals surface area (Å²) in [7, 11) is 0. The van der Waals surface area contributed by atoms with Crippen LogP contribution in [-0.4, -0.2) is 6.54 Å². The molecule has 1 unspecified atom stereocenters. The van der Waals surface area contributed by atoms with Crippen molar-refractivity contribution in [1.82, 2.24) is 5.32 Å². The van der Waals surface area contributed by atoms with Gasteiger partial charge in [-0.25, -0.2) is 0 Å². The van der Waals surface area contributed by atoms with Gasteiger partial charge in [-0.15, -0.1) is 0 Å². The fourth-order valence-electron chi connectivity index (χ4n) is 2.47. The Morgan fingerprint density at radius 3 is 2.10 bits per heavy atom. The van der Waals surface area contributed by atoms with Crippen molar-refractivity contribution in [3.05, 3.63) is 69.7 Å². The average Bonchev–Trinajstić information content (AvgIpc) is 2.53. The van der Waals surface area contributed by atoms with Crippen molar-refractivity contribution in [3.63, 3.8) is 0 Å². The number of hydrogen-bond acceptors (Lipinski definition) is 1. The molecule has 0 saturated heterocycles. The summed E-state index contributed by atoms with van der Waals surface area (Å²) in [5, 5.41) is 3.67. The topological polar surface area (TPSA) is 12.0 Å². The van der Waals surface area contributed by atoms with Crippen molar-refractivity contribution in [2.75, 3.05) is 6.54 Å². The van der Waals surface area contributed by atoms with Crippen LogP contribution in [0, 0.1) is 0 Å². The third-order valence-corrected chi connectivity index (χ3v) is 4.31. The van der Waals surface area contributed by atoms with E-state index in [0.717, 1.165) is 30.3 Å². The van der Waals surface area contributed by atoms with E-state index in [1.54, 1.807) is 0 Å². The molecule has 1 N–H and O–H groups in total. The second-order valence-corrected chi connectivity index (χ2v) is 6.35. The van der Waals surface area contributed by atoms with Crippen LogP contribution in [0.25, 0.3) is 0 Å². The molecule has 1 nitrogen and oxygen atoms in total. The Balaban J connectivity index is 2.13. The molecule has 0 bridgehead atoms. The zero-order chi connectivity index (χ0) is 15.1. The van der Waals surface area contributed by atoms with E-state index in [9.17, 15) is 0 Å². The van der Waals surface area contributed by atoms with Crippen LogP contribution in [0.4, 0.5) is 0 Å². The minimum atomic E-state index is 0.380. The molecule has 2 heteroatoms. The smallest absolute Gasteiger partial charge is 0.0360 e. The molecule has 21 heavy (non-hydrogen) atoms. The fraction of sp³-hybridized carbons (Fsp3) is 0.368. The minimum Gasteiger partial charge on any atom is -0.310 e. The van der Waals surface area contributed by atoms with Crippen LogP contribution >= 0.6 is 15.9 Å². The lowest BCUT2D eigenvalue weighted by molar-refractivity contribution is 0.529. The molecule has 2 aromatic carbocycles. The predicted octanol–water partition coefficient (Wildman–Crippen LogP) is 5.29. The zero-order valence-electron chi connectivity index (χ0n) is 12.9. The maximum atomic E-state index is 3.67. The van der Waals surface area contributed by atoms with Crippen molar-refractivity contribution in [1.29, 1.82) is 0 Å². The van der Waals surface area contributed by atoms with E-state index >= 15 is 0 Å². The van der Waals surface area contributed by atoms with Gasteiger partial charge in [0.25, 0.3) is 0 Å². The highest BCUT2D eigenvalue weighted by atomic mass is 79.9. The van der Waals surface area contributed by atoms with Gasteiger partial charge in [0.2, 0.25) is 0 Å². The predicted molar refractivity (Wildman–Crippen MR) is 94.7 cm³/mol. The summed E-state index contributed by atoms with van der Waals surface area (Å²) in [6.07, 6.45) is 3.29. The molecular weight excluding hydrogens is 322 g/mol. The summed E-state index contributed by atoms with van der Waals surface area (Å²) in [6, 6.07) is 18.0. The van der Waals surface area contributed by atoms with Crippen molar-refractivity contribution < 1.29 is 0 Å². The van der Waals surface area contributed by atoms with E-state index in [1.165, 1.54) is 16.7 Å². The van der Waals surface area contributed by atoms with Crippen molar-refractivity contribution in [2.45, 2.75) is 39.2 Å². The number of halogens is 1. The van der Waals surface area contributed by atoms with Gasteiger partial charge in [-0.3, -0.25) is 0 Å². The standard InChI is InChI=1S/C19H24BrN/c1-3-13-21-19(17-9-11-18(20)12-10-17)14-16-7-5-15(4-2)6-8-16/h5-12,19,21H,3-4,13-14H2,1-2H3. The number of benzene rings is 2. The van der Waals surface area contributed by atoms with Gasteiger partial charge in [0.15, 0.2) is 0 Å². The van der Waals surface area contributed by atoms with Crippen molar-refractivity contribution >= 4 is 15.9 Å². The van der Waals surface area contributed by atoms with E-state index in [0.29, 0.717) is 6.04 Å².